The molecule has 0 radical (unpaired) electrons. The standard InChI is InChI=1S/C30H28N6O/c1-2-36-14-12-21(13-15-36)32-22-10-11-24-23(17-22)28(30(37)35-24)27(20-7-5-6-19(16-20)18-31)29-33-25-8-3-4-9-26(25)34-29/h3-11,16-17,21,32H,2,12-15H2,1H3,(H,33,34)(H,35,37). The monoisotopic (exact) mass is 488 g/mol. The first-order valence-electron chi connectivity index (χ1n) is 12.8. The predicted molar refractivity (Wildman–Crippen MR) is 147 cm³/mol. The van der Waals surface area contributed by atoms with Crippen LogP contribution in [-0.4, -0.2) is 46.5 Å². The zero-order valence-corrected chi connectivity index (χ0v) is 20.7. The number of H-pyrrole nitrogens is 1. The van der Waals surface area contributed by atoms with Gasteiger partial charge in [-0.1, -0.05) is 31.2 Å². The highest BCUT2D eigenvalue weighted by atomic mass is 16.2. The average Bonchev–Trinajstić information content (AvgIpc) is 3.50. The summed E-state index contributed by atoms with van der Waals surface area (Å²) in [6.45, 7) is 5.48. The maximum atomic E-state index is 13.5. The number of amides is 1. The van der Waals surface area contributed by atoms with Gasteiger partial charge in [0.15, 0.2) is 0 Å². The third-order valence-corrected chi connectivity index (χ3v) is 7.33. The fourth-order valence-corrected chi connectivity index (χ4v) is 5.35. The van der Waals surface area contributed by atoms with Gasteiger partial charge in [0.25, 0.3) is 5.91 Å². The molecule has 184 valence electrons. The van der Waals surface area contributed by atoms with Crippen LogP contribution in [-0.2, 0) is 4.79 Å². The van der Waals surface area contributed by atoms with E-state index < -0.39 is 0 Å². The van der Waals surface area contributed by atoms with Gasteiger partial charge in [-0.25, -0.2) is 4.98 Å². The molecule has 2 aliphatic rings. The Kier molecular flexibility index (Phi) is 5.95. The summed E-state index contributed by atoms with van der Waals surface area (Å²) in [6.07, 6.45) is 2.19. The first-order valence-corrected chi connectivity index (χ1v) is 12.8. The summed E-state index contributed by atoms with van der Waals surface area (Å²) < 4.78 is 0. The molecule has 3 heterocycles. The van der Waals surface area contributed by atoms with Crippen molar-refractivity contribution in [3.8, 4) is 6.07 Å². The van der Waals surface area contributed by atoms with Crippen LogP contribution in [0, 0.1) is 11.3 Å². The Hall–Kier alpha value is -4.41. The predicted octanol–water partition coefficient (Wildman–Crippen LogP) is 5.24. The number of piperidine rings is 1. The normalized spacial score (nSPS) is 17.4. The summed E-state index contributed by atoms with van der Waals surface area (Å²) in [4.78, 5) is 24.2. The summed E-state index contributed by atoms with van der Waals surface area (Å²) >= 11 is 0. The smallest absolute Gasteiger partial charge is 0.257 e. The van der Waals surface area contributed by atoms with Gasteiger partial charge in [0.1, 0.15) is 5.82 Å². The molecule has 1 amide bonds. The summed E-state index contributed by atoms with van der Waals surface area (Å²) in [6, 6.07) is 23.8. The molecule has 1 fully saturated rings. The minimum Gasteiger partial charge on any atom is -0.382 e. The number of nitriles is 1. The van der Waals surface area contributed by atoms with Gasteiger partial charge in [-0.15, -0.1) is 0 Å². The first-order chi connectivity index (χ1) is 18.1. The number of likely N-dealkylation sites (tertiary alicyclic amines) is 1. The number of fused-ring (bicyclic) bond motifs is 2. The Labute approximate surface area is 215 Å². The summed E-state index contributed by atoms with van der Waals surface area (Å²) in [7, 11) is 0. The molecule has 2 aliphatic heterocycles. The number of benzene rings is 3. The molecule has 0 atom stereocenters. The van der Waals surface area contributed by atoms with Gasteiger partial charge < -0.3 is 20.5 Å². The van der Waals surface area contributed by atoms with E-state index in [9.17, 15) is 10.1 Å². The molecule has 0 aliphatic carbocycles. The molecule has 0 unspecified atom stereocenters. The molecule has 4 aromatic rings. The Morgan fingerprint density at radius 1 is 1.11 bits per heavy atom. The van der Waals surface area contributed by atoms with Crippen LogP contribution in [0.3, 0.4) is 0 Å². The molecule has 1 aromatic heterocycles. The topological polar surface area (TPSA) is 96.8 Å². The van der Waals surface area contributed by atoms with Gasteiger partial charge >= 0.3 is 0 Å². The van der Waals surface area contributed by atoms with Crippen molar-refractivity contribution in [2.75, 3.05) is 30.3 Å². The Bertz CT molecular complexity index is 1540. The maximum Gasteiger partial charge on any atom is 0.257 e. The molecular formula is C30H28N6O. The lowest BCUT2D eigenvalue weighted by atomic mass is 9.93. The Morgan fingerprint density at radius 3 is 2.73 bits per heavy atom. The summed E-state index contributed by atoms with van der Waals surface area (Å²) in [5, 5.41) is 16.3. The number of para-hydroxylation sites is 2. The number of anilines is 2. The van der Waals surface area contributed by atoms with E-state index in [4.69, 9.17) is 4.98 Å². The second-order valence-corrected chi connectivity index (χ2v) is 9.61. The van der Waals surface area contributed by atoms with E-state index in [2.05, 4.69) is 39.6 Å². The van der Waals surface area contributed by atoms with Crippen LogP contribution in [0.2, 0.25) is 0 Å². The highest BCUT2D eigenvalue weighted by molar-refractivity contribution is 6.38. The molecule has 3 N–H and O–H groups in total. The Balaban J connectivity index is 1.47. The summed E-state index contributed by atoms with van der Waals surface area (Å²) in [5.41, 5.74) is 6.83. The van der Waals surface area contributed by atoms with Crippen molar-refractivity contribution in [1.29, 1.82) is 5.26 Å². The van der Waals surface area contributed by atoms with Gasteiger partial charge in [-0.2, -0.15) is 5.26 Å². The van der Waals surface area contributed by atoms with Crippen molar-refractivity contribution in [3.05, 3.63) is 89.2 Å². The van der Waals surface area contributed by atoms with E-state index in [0.717, 1.165) is 66.0 Å². The van der Waals surface area contributed by atoms with E-state index in [1.54, 1.807) is 6.07 Å². The third kappa shape index (κ3) is 4.37. The van der Waals surface area contributed by atoms with Gasteiger partial charge in [0.2, 0.25) is 0 Å². The zero-order valence-electron chi connectivity index (χ0n) is 20.7. The van der Waals surface area contributed by atoms with Crippen LogP contribution in [0.15, 0.2) is 66.7 Å². The average molecular weight is 489 g/mol. The van der Waals surface area contributed by atoms with Crippen molar-refractivity contribution in [2.45, 2.75) is 25.8 Å². The van der Waals surface area contributed by atoms with Crippen molar-refractivity contribution >= 4 is 39.5 Å². The fraction of sp³-hybridized carbons (Fsp3) is 0.233. The van der Waals surface area contributed by atoms with E-state index in [1.165, 1.54) is 0 Å². The number of hydrogen-bond acceptors (Lipinski definition) is 5. The minimum absolute atomic E-state index is 0.179. The largest absolute Gasteiger partial charge is 0.382 e. The van der Waals surface area contributed by atoms with Gasteiger partial charge in [-0.3, -0.25) is 4.79 Å². The van der Waals surface area contributed by atoms with Gasteiger partial charge in [0, 0.05) is 41.6 Å². The summed E-state index contributed by atoms with van der Waals surface area (Å²) in [5.74, 6) is 0.417. The zero-order chi connectivity index (χ0) is 25.4. The molecule has 37 heavy (non-hydrogen) atoms. The lowest BCUT2D eigenvalue weighted by Gasteiger charge is -2.32. The molecule has 0 spiro atoms. The number of nitrogens with zero attached hydrogens (tertiary/aromatic N) is 3. The van der Waals surface area contributed by atoms with Crippen LogP contribution in [0.5, 0.6) is 0 Å². The number of imidazole rings is 1. The van der Waals surface area contributed by atoms with Crippen LogP contribution in [0.1, 0.15) is 42.3 Å². The number of aromatic amines is 1. The van der Waals surface area contributed by atoms with Crippen molar-refractivity contribution in [2.24, 2.45) is 0 Å². The number of rotatable bonds is 5. The van der Waals surface area contributed by atoms with Crippen LogP contribution < -0.4 is 10.6 Å². The number of aromatic nitrogens is 2. The molecule has 0 bridgehead atoms. The van der Waals surface area contributed by atoms with E-state index >= 15 is 0 Å². The molecule has 0 saturated carbocycles. The lowest BCUT2D eigenvalue weighted by molar-refractivity contribution is -0.110. The van der Waals surface area contributed by atoms with Crippen LogP contribution >= 0.6 is 0 Å². The molecular weight excluding hydrogens is 460 g/mol. The molecule has 7 nitrogen and oxygen atoms in total. The Morgan fingerprint density at radius 2 is 1.95 bits per heavy atom. The molecule has 1 saturated heterocycles. The van der Waals surface area contributed by atoms with Gasteiger partial charge in [-0.05, 0) is 67.4 Å². The molecule has 7 heteroatoms. The third-order valence-electron chi connectivity index (χ3n) is 7.33. The van der Waals surface area contributed by atoms with Gasteiger partial charge in [0.05, 0.1) is 28.2 Å². The molecule has 6 rings (SSSR count). The van der Waals surface area contributed by atoms with E-state index in [1.807, 2.05) is 54.6 Å². The number of nitrogens with one attached hydrogen (secondary N) is 3. The highest BCUT2D eigenvalue weighted by Gasteiger charge is 2.31. The van der Waals surface area contributed by atoms with Crippen molar-refractivity contribution in [3.63, 3.8) is 0 Å². The lowest BCUT2D eigenvalue weighted by Crippen LogP contribution is -2.38. The number of hydrogen-bond donors (Lipinski definition) is 3. The van der Waals surface area contributed by atoms with Crippen molar-refractivity contribution in [1.82, 2.24) is 14.9 Å². The van der Waals surface area contributed by atoms with E-state index in [-0.39, 0.29) is 5.91 Å². The van der Waals surface area contributed by atoms with Crippen molar-refractivity contribution < 1.29 is 4.79 Å². The fourth-order valence-electron chi connectivity index (χ4n) is 5.35. The quantitative estimate of drug-likeness (QED) is 0.334. The molecule has 3 aromatic carbocycles. The number of carbonyl (C=O) groups excluding carboxylic acids is 1. The van der Waals surface area contributed by atoms with Crippen LogP contribution in [0.25, 0.3) is 22.2 Å². The second-order valence-electron chi connectivity index (χ2n) is 9.61. The SMILES string of the molecule is CCN1CCC(Nc2ccc3c(c2)C(=C(c2cccc(C#N)c2)c2nc4ccccc4[nH]2)C(=O)N3)CC1. The van der Waals surface area contributed by atoms with E-state index in [0.29, 0.717) is 28.6 Å². The minimum atomic E-state index is -0.179. The number of carbonyl (C=O) groups is 1. The highest BCUT2D eigenvalue weighted by Crippen LogP contribution is 2.41. The second kappa shape index (κ2) is 9.57. The first kappa shape index (κ1) is 23.0. The maximum absolute atomic E-state index is 13.5. The van der Waals surface area contributed by atoms with Crippen LogP contribution in [0.4, 0.5) is 11.4 Å².